The van der Waals surface area contributed by atoms with Crippen LogP contribution in [0.2, 0.25) is 0 Å². The second-order valence-corrected chi connectivity index (χ2v) is 5.26. The number of hydrogen-bond donors (Lipinski definition) is 3. The van der Waals surface area contributed by atoms with Crippen LogP contribution in [0.25, 0.3) is 0 Å². The molecular formula is C15H24N4O3. The van der Waals surface area contributed by atoms with E-state index in [1.165, 1.54) is 0 Å². The summed E-state index contributed by atoms with van der Waals surface area (Å²) in [5.74, 6) is -0.221. The highest BCUT2D eigenvalue weighted by Crippen LogP contribution is 2.11. The largest absolute Gasteiger partial charge is 0.286 e. The Morgan fingerprint density at radius 1 is 1.45 bits per heavy atom. The van der Waals surface area contributed by atoms with Crippen LogP contribution in [0.3, 0.4) is 0 Å². The van der Waals surface area contributed by atoms with E-state index in [1.54, 1.807) is 12.3 Å². The molecule has 0 aliphatic heterocycles. The van der Waals surface area contributed by atoms with Gasteiger partial charge in [-0.15, -0.1) is 0 Å². The Labute approximate surface area is 130 Å². The summed E-state index contributed by atoms with van der Waals surface area (Å²) in [5, 5.41) is 9.80. The number of aryl methyl sites for hydroxylation is 1. The number of rotatable bonds is 10. The molecule has 1 aromatic heterocycles. The first-order chi connectivity index (χ1) is 10.6. The maximum atomic E-state index is 12.2. The monoisotopic (exact) mass is 308 g/mol. The van der Waals surface area contributed by atoms with Gasteiger partial charge in [-0.25, -0.2) is 10.0 Å². The van der Waals surface area contributed by atoms with Gasteiger partial charge in [0.05, 0.1) is 12.5 Å². The maximum Gasteiger partial charge on any atom is 0.243 e. The number of hydrogen-bond acceptors (Lipinski definition) is 5. The normalized spacial score (nSPS) is 11.6. The number of anilines is 1. The van der Waals surface area contributed by atoms with Gasteiger partial charge in [0.15, 0.2) is 0 Å². The Kier molecular flexibility index (Phi) is 7.91. The van der Waals surface area contributed by atoms with Crippen molar-refractivity contribution in [1.82, 2.24) is 15.5 Å². The molecule has 0 aliphatic carbocycles. The van der Waals surface area contributed by atoms with Crippen LogP contribution < -0.4 is 10.9 Å². The second kappa shape index (κ2) is 9.73. The minimum atomic E-state index is -0.473. The molecule has 0 fully saturated rings. The predicted octanol–water partition coefficient (Wildman–Crippen LogP) is 1.88. The molecule has 1 atom stereocenters. The summed E-state index contributed by atoms with van der Waals surface area (Å²) in [5.41, 5.74) is 6.33. The van der Waals surface area contributed by atoms with Crippen LogP contribution in [0, 0.1) is 12.8 Å². The van der Waals surface area contributed by atoms with Gasteiger partial charge in [-0.3, -0.25) is 25.6 Å². The molecule has 1 rings (SSSR count). The lowest BCUT2D eigenvalue weighted by Crippen LogP contribution is -2.40. The number of aromatic nitrogens is 1. The number of carbonyl (C=O) groups excluding carboxylic acids is 2. The van der Waals surface area contributed by atoms with Crippen molar-refractivity contribution in [3.8, 4) is 0 Å². The Balaban J connectivity index is 2.53. The van der Waals surface area contributed by atoms with Crippen LogP contribution in [0.15, 0.2) is 18.3 Å². The van der Waals surface area contributed by atoms with Gasteiger partial charge in [0.2, 0.25) is 12.3 Å². The van der Waals surface area contributed by atoms with Crippen molar-refractivity contribution in [2.75, 3.05) is 12.0 Å². The molecular weight excluding hydrogens is 284 g/mol. The topological polar surface area (TPSA) is 94.6 Å². The molecule has 1 aromatic rings. The van der Waals surface area contributed by atoms with Gasteiger partial charge in [0, 0.05) is 6.20 Å². The molecule has 0 bridgehead atoms. The van der Waals surface area contributed by atoms with Gasteiger partial charge in [0.1, 0.15) is 5.82 Å². The number of amides is 2. The third kappa shape index (κ3) is 6.53. The lowest BCUT2D eigenvalue weighted by molar-refractivity contribution is -0.154. The SMILES string of the molecule is CCCCC[C@H](CN(O)C=O)C(=O)NNc1ccc(C)cn1. The number of pyridine rings is 1. The van der Waals surface area contributed by atoms with Crippen molar-refractivity contribution >= 4 is 18.1 Å². The predicted molar refractivity (Wildman–Crippen MR) is 82.9 cm³/mol. The fraction of sp³-hybridized carbons (Fsp3) is 0.533. The van der Waals surface area contributed by atoms with Gasteiger partial charge in [-0.2, -0.15) is 0 Å². The summed E-state index contributed by atoms with van der Waals surface area (Å²) < 4.78 is 0. The lowest BCUT2D eigenvalue weighted by Gasteiger charge is -2.19. The fourth-order valence-corrected chi connectivity index (χ4v) is 1.98. The van der Waals surface area contributed by atoms with Crippen LogP contribution in [0.4, 0.5) is 5.82 Å². The van der Waals surface area contributed by atoms with E-state index in [2.05, 4.69) is 22.8 Å². The molecule has 0 aromatic carbocycles. The standard InChI is InChI=1S/C15H24N4O3/c1-3-4-5-6-13(10-19(22)11-20)15(21)18-17-14-8-7-12(2)9-16-14/h7-9,11,13,22H,3-6,10H2,1-2H3,(H,16,17)(H,18,21)/t13-/m1/s1. The fourth-order valence-electron chi connectivity index (χ4n) is 1.98. The summed E-state index contributed by atoms with van der Waals surface area (Å²) in [6.07, 6.45) is 5.50. The molecule has 122 valence electrons. The van der Waals surface area contributed by atoms with E-state index in [0.717, 1.165) is 24.8 Å². The number of hydroxylamine groups is 2. The lowest BCUT2D eigenvalue weighted by atomic mass is 10.0. The van der Waals surface area contributed by atoms with Crippen molar-refractivity contribution in [3.63, 3.8) is 0 Å². The van der Waals surface area contributed by atoms with Crippen LogP contribution in [-0.2, 0) is 9.59 Å². The molecule has 3 N–H and O–H groups in total. The Morgan fingerprint density at radius 3 is 2.82 bits per heavy atom. The Morgan fingerprint density at radius 2 is 2.23 bits per heavy atom. The molecule has 0 aliphatic rings. The molecule has 0 radical (unpaired) electrons. The van der Waals surface area contributed by atoms with Crippen molar-refractivity contribution in [3.05, 3.63) is 23.9 Å². The average molecular weight is 308 g/mol. The van der Waals surface area contributed by atoms with Gasteiger partial charge in [-0.05, 0) is 25.0 Å². The summed E-state index contributed by atoms with van der Waals surface area (Å²) in [6, 6.07) is 3.63. The highest BCUT2D eigenvalue weighted by Gasteiger charge is 2.20. The molecule has 0 saturated heterocycles. The van der Waals surface area contributed by atoms with Gasteiger partial charge in [0.25, 0.3) is 0 Å². The molecule has 2 amide bonds. The van der Waals surface area contributed by atoms with Crippen LogP contribution in [-0.4, -0.2) is 34.1 Å². The first-order valence-corrected chi connectivity index (χ1v) is 7.46. The third-order valence-corrected chi connectivity index (χ3v) is 3.28. The number of nitrogens with one attached hydrogen (secondary N) is 2. The van der Waals surface area contributed by atoms with Crippen molar-refractivity contribution in [2.45, 2.75) is 39.5 Å². The highest BCUT2D eigenvalue weighted by molar-refractivity contribution is 5.80. The van der Waals surface area contributed by atoms with Gasteiger partial charge >= 0.3 is 0 Å². The smallest absolute Gasteiger partial charge is 0.243 e. The third-order valence-electron chi connectivity index (χ3n) is 3.28. The molecule has 0 unspecified atom stereocenters. The van der Waals surface area contributed by atoms with Crippen LogP contribution >= 0.6 is 0 Å². The summed E-state index contributed by atoms with van der Waals surface area (Å²) in [4.78, 5) is 26.8. The van der Waals surface area contributed by atoms with Crippen molar-refractivity contribution in [1.29, 1.82) is 0 Å². The number of carbonyl (C=O) groups is 2. The molecule has 0 saturated carbocycles. The number of nitrogens with zero attached hydrogens (tertiary/aromatic N) is 2. The van der Waals surface area contributed by atoms with Gasteiger partial charge in [-0.1, -0.05) is 32.3 Å². The zero-order valence-corrected chi connectivity index (χ0v) is 13.1. The zero-order valence-electron chi connectivity index (χ0n) is 13.1. The number of hydrazine groups is 1. The molecule has 7 nitrogen and oxygen atoms in total. The van der Waals surface area contributed by atoms with Gasteiger partial charge < -0.3 is 0 Å². The van der Waals surface area contributed by atoms with E-state index in [4.69, 9.17) is 0 Å². The van der Waals surface area contributed by atoms with Crippen LogP contribution in [0.1, 0.15) is 38.2 Å². The summed E-state index contributed by atoms with van der Waals surface area (Å²) in [6.45, 7) is 3.97. The van der Waals surface area contributed by atoms with E-state index >= 15 is 0 Å². The minimum absolute atomic E-state index is 0.0257. The number of unbranched alkanes of at least 4 members (excludes halogenated alkanes) is 2. The van der Waals surface area contributed by atoms with E-state index in [9.17, 15) is 14.8 Å². The average Bonchev–Trinajstić information content (AvgIpc) is 2.53. The van der Waals surface area contributed by atoms with E-state index in [0.29, 0.717) is 23.7 Å². The molecule has 1 heterocycles. The Bertz CT molecular complexity index is 464. The molecule has 7 heteroatoms. The Hall–Kier alpha value is -2.15. The first-order valence-electron chi connectivity index (χ1n) is 7.46. The molecule has 22 heavy (non-hydrogen) atoms. The van der Waals surface area contributed by atoms with Crippen molar-refractivity contribution in [2.24, 2.45) is 5.92 Å². The maximum absolute atomic E-state index is 12.2. The minimum Gasteiger partial charge on any atom is -0.286 e. The van der Waals surface area contributed by atoms with Crippen LogP contribution in [0.5, 0.6) is 0 Å². The van der Waals surface area contributed by atoms with E-state index in [1.807, 2.05) is 13.0 Å². The second-order valence-electron chi connectivity index (χ2n) is 5.26. The van der Waals surface area contributed by atoms with E-state index in [-0.39, 0.29) is 12.5 Å². The summed E-state index contributed by atoms with van der Waals surface area (Å²) >= 11 is 0. The summed E-state index contributed by atoms with van der Waals surface area (Å²) in [7, 11) is 0. The zero-order chi connectivity index (χ0) is 16.4. The highest BCUT2D eigenvalue weighted by atomic mass is 16.5. The quantitative estimate of drug-likeness (QED) is 0.265. The van der Waals surface area contributed by atoms with E-state index < -0.39 is 5.92 Å². The first kappa shape index (κ1) is 17.9. The van der Waals surface area contributed by atoms with Crippen molar-refractivity contribution < 1.29 is 14.8 Å². The molecule has 0 spiro atoms.